The van der Waals surface area contributed by atoms with Gasteiger partial charge in [0.1, 0.15) is 11.5 Å². The van der Waals surface area contributed by atoms with Crippen LogP contribution in [0.25, 0.3) is 0 Å². The summed E-state index contributed by atoms with van der Waals surface area (Å²) < 4.78 is 12.5. The van der Waals surface area contributed by atoms with Crippen LogP contribution in [-0.2, 0) is 10.3 Å². The summed E-state index contributed by atoms with van der Waals surface area (Å²) in [4.78, 5) is 15.4. The minimum atomic E-state index is -1.06. The lowest BCUT2D eigenvalue weighted by Gasteiger charge is -2.36. The first-order chi connectivity index (χ1) is 17.5. The van der Waals surface area contributed by atoms with E-state index in [1.807, 2.05) is 66.7 Å². The Kier molecular flexibility index (Phi) is 5.22. The van der Waals surface area contributed by atoms with Crippen LogP contribution in [0.1, 0.15) is 46.5 Å². The van der Waals surface area contributed by atoms with E-state index in [1.165, 1.54) is 11.3 Å². The molecule has 0 aromatic heterocycles. The number of benzene rings is 4. The molecule has 5 heteroatoms. The average Bonchev–Trinajstić information content (AvgIpc) is 3.20. The van der Waals surface area contributed by atoms with Gasteiger partial charge in [-0.2, -0.15) is 0 Å². The molecule has 0 saturated heterocycles. The number of rotatable bonds is 5. The van der Waals surface area contributed by atoms with E-state index in [9.17, 15) is 4.79 Å². The van der Waals surface area contributed by atoms with E-state index >= 15 is 0 Å². The van der Waals surface area contributed by atoms with E-state index in [4.69, 9.17) is 9.47 Å². The first-order valence-corrected chi connectivity index (χ1v) is 12.4. The number of hydrogen-bond acceptors (Lipinski definition) is 5. The molecule has 0 radical (unpaired) electrons. The summed E-state index contributed by atoms with van der Waals surface area (Å²) in [6, 6.07) is 27.8. The smallest absolute Gasteiger partial charge is 0.340 e. The maximum Gasteiger partial charge on any atom is 0.340 e. The highest BCUT2D eigenvalue weighted by molar-refractivity contribution is 5.97. The molecule has 4 aromatic rings. The molecular formula is C31H28N2O3. The molecule has 1 N–H and O–H groups in total. The number of ether oxygens (including phenoxy) is 2. The van der Waals surface area contributed by atoms with Crippen LogP contribution in [0.3, 0.4) is 0 Å². The van der Waals surface area contributed by atoms with Crippen molar-refractivity contribution in [2.45, 2.75) is 26.4 Å². The third-order valence-electron chi connectivity index (χ3n) is 7.22. The molecule has 0 fully saturated rings. The Balaban J connectivity index is 1.48. The number of fused-ring (bicyclic) bond motifs is 6. The van der Waals surface area contributed by atoms with Crippen molar-refractivity contribution < 1.29 is 14.3 Å². The van der Waals surface area contributed by atoms with E-state index in [0.29, 0.717) is 17.1 Å². The highest BCUT2D eigenvalue weighted by atomic mass is 16.6. The van der Waals surface area contributed by atoms with E-state index in [-0.39, 0.29) is 5.97 Å². The van der Waals surface area contributed by atoms with E-state index < -0.39 is 5.60 Å². The number of anilines is 3. The fourth-order valence-corrected chi connectivity index (χ4v) is 5.46. The van der Waals surface area contributed by atoms with Crippen molar-refractivity contribution >= 4 is 23.0 Å². The Hall–Kier alpha value is -4.25. The number of aryl methyl sites for hydroxylation is 1. The molecule has 2 aliphatic heterocycles. The molecule has 5 nitrogen and oxygen atoms in total. The van der Waals surface area contributed by atoms with Gasteiger partial charge in [-0.3, -0.25) is 0 Å². The highest BCUT2D eigenvalue weighted by Gasteiger charge is 2.53. The SMILES string of the molecule is CCN(CC)c1cc(Nc2ccc3c(c2)C2(OC(=O)c4ccccc42)c2ccccc2O3)ccc1C. The van der Waals surface area contributed by atoms with Gasteiger partial charge in [-0.25, -0.2) is 4.79 Å². The summed E-state index contributed by atoms with van der Waals surface area (Å²) in [5, 5.41) is 3.57. The fraction of sp³-hybridized carbons (Fsp3) is 0.194. The molecule has 36 heavy (non-hydrogen) atoms. The molecular weight excluding hydrogens is 448 g/mol. The zero-order chi connectivity index (χ0) is 24.9. The van der Waals surface area contributed by atoms with Crippen molar-refractivity contribution in [2.75, 3.05) is 23.3 Å². The standard InChI is InChI=1S/C31H28N2O3/c1-4-33(5-2)27-19-22(15-14-20(27)3)32-21-16-17-29-26(18-21)31(25-12-8-9-13-28(25)35-29)24-11-7-6-10-23(24)30(34)36-31/h6-19,32H,4-5H2,1-3H3. The third-order valence-corrected chi connectivity index (χ3v) is 7.22. The predicted octanol–water partition coefficient (Wildman–Crippen LogP) is 7.15. The molecule has 2 heterocycles. The maximum atomic E-state index is 13.0. The van der Waals surface area contributed by atoms with Gasteiger partial charge in [0.25, 0.3) is 0 Å². The van der Waals surface area contributed by atoms with Gasteiger partial charge >= 0.3 is 5.97 Å². The van der Waals surface area contributed by atoms with Crippen LogP contribution in [0.15, 0.2) is 84.9 Å². The normalized spacial score (nSPS) is 17.0. The summed E-state index contributed by atoms with van der Waals surface area (Å²) in [6.45, 7) is 8.38. The fourth-order valence-electron chi connectivity index (χ4n) is 5.46. The second kappa shape index (κ2) is 8.45. The summed E-state index contributed by atoms with van der Waals surface area (Å²) in [5.74, 6) is 1.04. The zero-order valence-corrected chi connectivity index (χ0v) is 20.7. The van der Waals surface area contributed by atoms with E-state index in [2.05, 4.69) is 49.2 Å². The maximum absolute atomic E-state index is 13.0. The monoisotopic (exact) mass is 476 g/mol. The number of hydrogen-bond donors (Lipinski definition) is 1. The van der Waals surface area contributed by atoms with Crippen LogP contribution < -0.4 is 15.0 Å². The second-order valence-corrected chi connectivity index (χ2v) is 9.22. The topological polar surface area (TPSA) is 50.8 Å². The highest BCUT2D eigenvalue weighted by Crippen LogP contribution is 2.56. The van der Waals surface area contributed by atoms with Crippen LogP contribution in [0.4, 0.5) is 17.1 Å². The molecule has 1 unspecified atom stereocenters. The zero-order valence-electron chi connectivity index (χ0n) is 20.7. The molecule has 0 saturated carbocycles. The molecule has 1 spiro atoms. The van der Waals surface area contributed by atoms with Crippen LogP contribution in [0.2, 0.25) is 0 Å². The molecule has 0 amide bonds. The van der Waals surface area contributed by atoms with Crippen LogP contribution in [0, 0.1) is 6.92 Å². The molecule has 0 bridgehead atoms. The summed E-state index contributed by atoms with van der Waals surface area (Å²) in [6.07, 6.45) is 0. The van der Waals surface area contributed by atoms with Crippen molar-refractivity contribution in [3.8, 4) is 11.5 Å². The number of nitrogens with zero attached hydrogens (tertiary/aromatic N) is 1. The van der Waals surface area contributed by atoms with Crippen molar-refractivity contribution in [3.05, 3.63) is 113 Å². The Bertz CT molecular complexity index is 1490. The van der Waals surface area contributed by atoms with Crippen molar-refractivity contribution in [1.29, 1.82) is 0 Å². The van der Waals surface area contributed by atoms with Gasteiger partial charge in [0.2, 0.25) is 0 Å². The van der Waals surface area contributed by atoms with Gasteiger partial charge in [-0.15, -0.1) is 0 Å². The molecule has 1 atom stereocenters. The Labute approximate surface area is 211 Å². The van der Waals surface area contributed by atoms with E-state index in [1.54, 1.807) is 0 Å². The van der Waals surface area contributed by atoms with Crippen molar-refractivity contribution in [2.24, 2.45) is 0 Å². The Morgan fingerprint density at radius 3 is 2.25 bits per heavy atom. The summed E-state index contributed by atoms with van der Waals surface area (Å²) in [5.41, 5.74) is 6.35. The molecule has 180 valence electrons. The number of para-hydroxylation sites is 1. The van der Waals surface area contributed by atoms with Gasteiger partial charge in [0, 0.05) is 46.8 Å². The van der Waals surface area contributed by atoms with Crippen molar-refractivity contribution in [3.63, 3.8) is 0 Å². The number of carbonyl (C=O) groups is 1. The summed E-state index contributed by atoms with van der Waals surface area (Å²) in [7, 11) is 0. The lowest BCUT2D eigenvalue weighted by molar-refractivity contribution is 0.0224. The third kappa shape index (κ3) is 3.27. The quantitative estimate of drug-likeness (QED) is 0.310. The van der Waals surface area contributed by atoms with Crippen LogP contribution >= 0.6 is 0 Å². The van der Waals surface area contributed by atoms with E-state index in [0.717, 1.165) is 41.2 Å². The second-order valence-electron chi connectivity index (χ2n) is 9.22. The Morgan fingerprint density at radius 2 is 1.44 bits per heavy atom. The van der Waals surface area contributed by atoms with Gasteiger partial charge in [0.15, 0.2) is 5.60 Å². The first kappa shape index (κ1) is 22.2. The number of nitrogens with one attached hydrogen (secondary N) is 1. The van der Waals surface area contributed by atoms with Crippen LogP contribution in [0.5, 0.6) is 11.5 Å². The molecule has 4 aromatic carbocycles. The minimum Gasteiger partial charge on any atom is -0.456 e. The van der Waals surface area contributed by atoms with Gasteiger partial charge in [-0.05, 0) is 68.8 Å². The minimum absolute atomic E-state index is 0.325. The molecule has 6 rings (SSSR count). The number of esters is 1. The van der Waals surface area contributed by atoms with Gasteiger partial charge in [0.05, 0.1) is 5.56 Å². The van der Waals surface area contributed by atoms with Crippen LogP contribution in [-0.4, -0.2) is 19.1 Å². The molecule has 2 aliphatic rings. The Morgan fingerprint density at radius 1 is 0.778 bits per heavy atom. The molecule has 0 aliphatic carbocycles. The average molecular weight is 477 g/mol. The summed E-state index contributed by atoms with van der Waals surface area (Å²) >= 11 is 0. The van der Waals surface area contributed by atoms with Gasteiger partial charge in [-0.1, -0.05) is 42.5 Å². The first-order valence-electron chi connectivity index (χ1n) is 12.4. The lowest BCUT2D eigenvalue weighted by atomic mass is 9.77. The lowest BCUT2D eigenvalue weighted by Crippen LogP contribution is -2.33. The largest absolute Gasteiger partial charge is 0.456 e. The predicted molar refractivity (Wildman–Crippen MR) is 143 cm³/mol. The number of carbonyl (C=O) groups excluding carboxylic acids is 1. The van der Waals surface area contributed by atoms with Crippen molar-refractivity contribution in [1.82, 2.24) is 0 Å². The van der Waals surface area contributed by atoms with Gasteiger partial charge < -0.3 is 19.7 Å².